The summed E-state index contributed by atoms with van der Waals surface area (Å²) in [6.45, 7) is 4.79. The van der Waals surface area contributed by atoms with Crippen molar-refractivity contribution in [2.45, 2.75) is 20.8 Å². The predicted molar refractivity (Wildman–Crippen MR) is 53.3 cm³/mol. The molecule has 0 saturated heterocycles. The number of rotatable bonds is 0. The molecule has 0 radical (unpaired) electrons. The van der Waals surface area contributed by atoms with E-state index in [0.717, 1.165) is 0 Å². The van der Waals surface area contributed by atoms with Crippen molar-refractivity contribution in [1.82, 2.24) is 0 Å². The summed E-state index contributed by atoms with van der Waals surface area (Å²) >= 11 is 1.96. The SMILES string of the molecule is Cc1c(F)c(C)c(I)c(C)c1F. The minimum absolute atomic E-state index is 0.116. The fraction of sp³-hybridized carbons (Fsp3) is 0.333. The zero-order chi connectivity index (χ0) is 9.46. The second kappa shape index (κ2) is 3.28. The second-order valence-electron chi connectivity index (χ2n) is 2.82. The molecule has 0 amide bonds. The van der Waals surface area contributed by atoms with Crippen molar-refractivity contribution < 1.29 is 8.78 Å². The van der Waals surface area contributed by atoms with Crippen molar-refractivity contribution >= 4 is 22.6 Å². The molecule has 0 atom stereocenters. The van der Waals surface area contributed by atoms with Gasteiger partial charge in [-0.05, 0) is 54.5 Å². The van der Waals surface area contributed by atoms with Crippen LogP contribution in [0.15, 0.2) is 0 Å². The maximum atomic E-state index is 13.2. The molecule has 0 saturated carbocycles. The van der Waals surface area contributed by atoms with Crippen molar-refractivity contribution in [2.75, 3.05) is 0 Å². The van der Waals surface area contributed by atoms with E-state index < -0.39 is 11.6 Å². The van der Waals surface area contributed by atoms with Gasteiger partial charge in [0, 0.05) is 9.13 Å². The van der Waals surface area contributed by atoms with Gasteiger partial charge in [0.15, 0.2) is 0 Å². The Labute approximate surface area is 84.1 Å². The van der Waals surface area contributed by atoms with Gasteiger partial charge in [-0.2, -0.15) is 0 Å². The minimum Gasteiger partial charge on any atom is -0.206 e. The van der Waals surface area contributed by atoms with Gasteiger partial charge in [0.1, 0.15) is 11.6 Å². The fourth-order valence-corrected chi connectivity index (χ4v) is 1.61. The van der Waals surface area contributed by atoms with Gasteiger partial charge < -0.3 is 0 Å². The van der Waals surface area contributed by atoms with Gasteiger partial charge in [-0.1, -0.05) is 0 Å². The third kappa shape index (κ3) is 1.34. The lowest BCUT2D eigenvalue weighted by Crippen LogP contribution is -2.00. The van der Waals surface area contributed by atoms with Crippen LogP contribution in [0.3, 0.4) is 0 Å². The molecule has 0 nitrogen and oxygen atoms in total. The molecule has 0 aliphatic carbocycles. The van der Waals surface area contributed by atoms with E-state index in [1.165, 1.54) is 6.92 Å². The molecule has 0 aliphatic heterocycles. The molecular weight excluding hydrogens is 273 g/mol. The third-order valence-electron chi connectivity index (χ3n) is 1.98. The molecule has 0 spiro atoms. The normalized spacial score (nSPS) is 10.5. The lowest BCUT2D eigenvalue weighted by molar-refractivity contribution is 0.554. The maximum absolute atomic E-state index is 13.2. The van der Waals surface area contributed by atoms with Gasteiger partial charge in [-0.15, -0.1) is 0 Å². The molecule has 0 fully saturated rings. The first-order chi connectivity index (χ1) is 5.46. The van der Waals surface area contributed by atoms with Gasteiger partial charge in [0.2, 0.25) is 0 Å². The Kier molecular flexibility index (Phi) is 2.70. The van der Waals surface area contributed by atoms with E-state index in [9.17, 15) is 8.78 Å². The molecular formula is C9H9F2I. The van der Waals surface area contributed by atoms with Crippen molar-refractivity contribution in [3.8, 4) is 0 Å². The summed E-state index contributed by atoms with van der Waals surface area (Å²) < 4.78 is 27.0. The second-order valence-corrected chi connectivity index (χ2v) is 3.90. The Balaban J connectivity index is 3.60. The molecule has 12 heavy (non-hydrogen) atoms. The summed E-state index contributed by atoms with van der Waals surface area (Å²) in [7, 11) is 0. The molecule has 0 aromatic heterocycles. The summed E-state index contributed by atoms with van der Waals surface area (Å²) in [4.78, 5) is 0. The van der Waals surface area contributed by atoms with Crippen LogP contribution >= 0.6 is 22.6 Å². The summed E-state index contributed by atoms with van der Waals surface area (Å²) in [5, 5.41) is 0. The van der Waals surface area contributed by atoms with E-state index in [1.54, 1.807) is 13.8 Å². The largest absolute Gasteiger partial charge is 0.206 e. The number of halogens is 3. The number of hydrogen-bond donors (Lipinski definition) is 0. The van der Waals surface area contributed by atoms with E-state index in [-0.39, 0.29) is 5.56 Å². The quantitative estimate of drug-likeness (QED) is 0.639. The Morgan fingerprint density at radius 3 is 1.50 bits per heavy atom. The smallest absolute Gasteiger partial charge is 0.133 e. The molecule has 3 heteroatoms. The van der Waals surface area contributed by atoms with Gasteiger partial charge in [-0.3, -0.25) is 0 Å². The number of benzene rings is 1. The Bertz CT molecular complexity index is 227. The third-order valence-corrected chi connectivity index (χ3v) is 3.59. The van der Waals surface area contributed by atoms with Crippen molar-refractivity contribution in [3.05, 3.63) is 31.9 Å². The van der Waals surface area contributed by atoms with E-state index in [2.05, 4.69) is 0 Å². The fourth-order valence-electron chi connectivity index (χ4n) is 1.13. The standard InChI is InChI=1S/C9H9F2I/c1-4-7(10)5(2)9(12)6(3)8(4)11/h1-3H3. The summed E-state index contributed by atoms with van der Waals surface area (Å²) in [6.07, 6.45) is 0. The van der Waals surface area contributed by atoms with Gasteiger partial charge in [0.05, 0.1) is 0 Å². The van der Waals surface area contributed by atoms with Gasteiger partial charge in [-0.25, -0.2) is 8.78 Å². The van der Waals surface area contributed by atoms with Crippen LogP contribution in [0.4, 0.5) is 8.78 Å². The van der Waals surface area contributed by atoms with E-state index in [4.69, 9.17) is 0 Å². The van der Waals surface area contributed by atoms with Crippen LogP contribution in [0, 0.1) is 36.0 Å². The number of hydrogen-bond acceptors (Lipinski definition) is 0. The topological polar surface area (TPSA) is 0 Å². The summed E-state index contributed by atoms with van der Waals surface area (Å²) in [5.74, 6) is -0.856. The molecule has 0 unspecified atom stereocenters. The van der Waals surface area contributed by atoms with Gasteiger partial charge in [0.25, 0.3) is 0 Å². The average Bonchev–Trinajstić information content (AvgIpc) is 2.08. The van der Waals surface area contributed by atoms with Crippen LogP contribution in [-0.2, 0) is 0 Å². The Hall–Kier alpha value is -0.190. The maximum Gasteiger partial charge on any atom is 0.133 e. The summed E-state index contributed by atoms with van der Waals surface area (Å²) in [6, 6.07) is 0. The molecule has 1 aromatic carbocycles. The lowest BCUT2D eigenvalue weighted by Gasteiger charge is -2.08. The monoisotopic (exact) mass is 282 g/mol. The zero-order valence-electron chi connectivity index (χ0n) is 7.13. The molecule has 0 bridgehead atoms. The molecule has 0 aliphatic rings. The first-order valence-electron chi connectivity index (χ1n) is 3.57. The molecule has 0 N–H and O–H groups in total. The van der Waals surface area contributed by atoms with E-state index >= 15 is 0 Å². The molecule has 1 aromatic rings. The highest BCUT2D eigenvalue weighted by molar-refractivity contribution is 14.1. The van der Waals surface area contributed by atoms with Crippen LogP contribution in [0.5, 0.6) is 0 Å². The van der Waals surface area contributed by atoms with Crippen molar-refractivity contribution in [1.29, 1.82) is 0 Å². The van der Waals surface area contributed by atoms with E-state index in [0.29, 0.717) is 14.7 Å². The molecule has 66 valence electrons. The van der Waals surface area contributed by atoms with Crippen LogP contribution in [0.2, 0.25) is 0 Å². The predicted octanol–water partition coefficient (Wildman–Crippen LogP) is 3.49. The highest BCUT2D eigenvalue weighted by Crippen LogP contribution is 2.25. The van der Waals surface area contributed by atoms with Crippen LogP contribution in [0.1, 0.15) is 16.7 Å². The highest BCUT2D eigenvalue weighted by Gasteiger charge is 2.14. The highest BCUT2D eigenvalue weighted by atomic mass is 127. The Morgan fingerprint density at radius 1 is 0.833 bits per heavy atom. The minimum atomic E-state index is -0.428. The van der Waals surface area contributed by atoms with Crippen LogP contribution in [-0.4, -0.2) is 0 Å². The lowest BCUT2D eigenvalue weighted by atomic mass is 10.1. The first-order valence-corrected chi connectivity index (χ1v) is 4.65. The van der Waals surface area contributed by atoms with Crippen molar-refractivity contribution in [3.63, 3.8) is 0 Å². The van der Waals surface area contributed by atoms with E-state index in [1.807, 2.05) is 22.6 Å². The molecule has 0 heterocycles. The Morgan fingerprint density at radius 2 is 1.17 bits per heavy atom. The van der Waals surface area contributed by atoms with Gasteiger partial charge >= 0.3 is 0 Å². The van der Waals surface area contributed by atoms with Crippen molar-refractivity contribution in [2.24, 2.45) is 0 Å². The summed E-state index contributed by atoms with van der Waals surface area (Å²) in [5.41, 5.74) is 1.18. The van der Waals surface area contributed by atoms with Crippen LogP contribution < -0.4 is 0 Å². The van der Waals surface area contributed by atoms with Crippen LogP contribution in [0.25, 0.3) is 0 Å². The first kappa shape index (κ1) is 9.89. The molecule has 1 rings (SSSR count). The zero-order valence-corrected chi connectivity index (χ0v) is 9.29. The average molecular weight is 282 g/mol.